The first kappa shape index (κ1) is 35.6. The van der Waals surface area contributed by atoms with Crippen LogP contribution in [0.1, 0.15) is 73.4 Å². The Hall–Kier alpha value is -4.25. The summed E-state index contributed by atoms with van der Waals surface area (Å²) in [4.78, 5) is 31.1. The van der Waals surface area contributed by atoms with Gasteiger partial charge < -0.3 is 19.1 Å². The van der Waals surface area contributed by atoms with Gasteiger partial charge in [0.1, 0.15) is 28.8 Å². The molecule has 1 unspecified atom stereocenters. The third-order valence-corrected chi connectivity index (χ3v) is 7.14. The average Bonchev–Trinajstić information content (AvgIpc) is 3.28. The molecule has 3 aromatic carbocycles. The smallest absolute Gasteiger partial charge is 0.416 e. The van der Waals surface area contributed by atoms with Crippen LogP contribution < -0.4 is 5.32 Å². The van der Waals surface area contributed by atoms with Gasteiger partial charge in [-0.15, -0.1) is 0 Å². The lowest BCUT2D eigenvalue weighted by Gasteiger charge is -2.27. The number of carbonyl (C=O) groups is 2. The molecule has 12 heteroatoms. The first-order chi connectivity index (χ1) is 21.6. The summed E-state index contributed by atoms with van der Waals surface area (Å²) in [6.45, 7) is 14.4. The second-order valence-electron chi connectivity index (χ2n) is 13.7. The quantitative estimate of drug-likeness (QED) is 0.189. The molecule has 47 heavy (non-hydrogen) atoms. The fraction of sp³-hybridized carbons (Fsp3) is 0.400. The molecule has 4 aromatic rings. The Bertz CT molecular complexity index is 1800. The van der Waals surface area contributed by atoms with Gasteiger partial charge in [-0.05, 0) is 107 Å². The molecule has 1 aromatic heterocycles. The number of anilines is 1. The summed E-state index contributed by atoms with van der Waals surface area (Å²) in [5.41, 5.74) is -0.625. The van der Waals surface area contributed by atoms with Crippen LogP contribution in [-0.2, 0) is 20.4 Å². The Morgan fingerprint density at radius 1 is 0.936 bits per heavy atom. The van der Waals surface area contributed by atoms with E-state index in [0.29, 0.717) is 23.1 Å². The summed E-state index contributed by atoms with van der Waals surface area (Å²) >= 11 is 6.49. The van der Waals surface area contributed by atoms with Crippen molar-refractivity contribution >= 4 is 40.4 Å². The van der Waals surface area contributed by atoms with Crippen LogP contribution >= 0.6 is 11.6 Å². The first-order valence-corrected chi connectivity index (χ1v) is 15.5. The maximum atomic E-state index is 13.8. The Balaban J connectivity index is 1.98. The number of rotatable bonds is 7. The van der Waals surface area contributed by atoms with E-state index in [4.69, 9.17) is 26.1 Å². The van der Waals surface area contributed by atoms with E-state index in [-0.39, 0.29) is 39.2 Å². The van der Waals surface area contributed by atoms with Crippen molar-refractivity contribution in [1.29, 1.82) is 0 Å². The number of fused-ring (bicyclic) bond motifs is 1. The highest BCUT2D eigenvalue weighted by Crippen LogP contribution is 2.43. The number of esters is 1. The standard InChI is InChI=1S/C35H39ClF3N3O5/c1-19(2)14-28(31(44)46-33(3,4)5)42-27-13-12-23(40-32(45)47-34(6,7)8)18-26(27)41-30(42)24-16-21(17-25(36)29(24)43)20-10-9-11-22(15-20)35(37,38)39/h9-13,15-19,28,43H,14H2,1-8H3,(H,40,45). The molecule has 0 radical (unpaired) electrons. The van der Waals surface area contributed by atoms with Crippen LogP contribution in [0.15, 0.2) is 54.6 Å². The molecule has 2 N–H and O–H groups in total. The minimum absolute atomic E-state index is 0.0135. The summed E-state index contributed by atoms with van der Waals surface area (Å²) in [5.74, 6) is -0.778. The van der Waals surface area contributed by atoms with Crippen molar-refractivity contribution in [3.05, 3.63) is 65.2 Å². The minimum Gasteiger partial charge on any atom is -0.506 e. The lowest BCUT2D eigenvalue weighted by atomic mass is 9.99. The van der Waals surface area contributed by atoms with Gasteiger partial charge in [-0.25, -0.2) is 14.6 Å². The fourth-order valence-corrected chi connectivity index (χ4v) is 5.26. The average molecular weight is 674 g/mol. The molecule has 0 aliphatic rings. The van der Waals surface area contributed by atoms with Gasteiger partial charge in [0.05, 0.1) is 27.2 Å². The van der Waals surface area contributed by atoms with E-state index in [1.54, 1.807) is 64.3 Å². The number of carbonyl (C=O) groups excluding carboxylic acids is 2. The lowest BCUT2D eigenvalue weighted by Crippen LogP contribution is -2.31. The number of nitrogens with zero attached hydrogens (tertiary/aromatic N) is 2. The highest BCUT2D eigenvalue weighted by atomic mass is 35.5. The molecule has 252 valence electrons. The molecule has 0 saturated carbocycles. The third-order valence-electron chi connectivity index (χ3n) is 6.85. The van der Waals surface area contributed by atoms with Gasteiger partial charge in [0, 0.05) is 5.69 Å². The number of amides is 1. The highest BCUT2D eigenvalue weighted by Gasteiger charge is 2.33. The predicted octanol–water partition coefficient (Wildman–Crippen LogP) is 10.0. The zero-order valence-electron chi connectivity index (χ0n) is 27.5. The van der Waals surface area contributed by atoms with Gasteiger partial charge in [0.2, 0.25) is 0 Å². The number of alkyl halides is 3. The van der Waals surface area contributed by atoms with E-state index in [2.05, 4.69) is 5.32 Å². The van der Waals surface area contributed by atoms with Crippen LogP contribution in [-0.4, -0.2) is 37.9 Å². The third kappa shape index (κ3) is 8.77. The normalized spacial score (nSPS) is 13.1. The van der Waals surface area contributed by atoms with Crippen molar-refractivity contribution in [2.24, 2.45) is 5.92 Å². The summed E-state index contributed by atoms with van der Waals surface area (Å²) in [7, 11) is 0. The molecule has 0 aliphatic carbocycles. The van der Waals surface area contributed by atoms with Crippen molar-refractivity contribution in [2.75, 3.05) is 5.32 Å². The number of phenolic OH excluding ortho intramolecular Hbond substituents is 1. The van der Waals surface area contributed by atoms with Crippen molar-refractivity contribution in [3.8, 4) is 28.3 Å². The Morgan fingerprint density at radius 3 is 2.19 bits per heavy atom. The monoisotopic (exact) mass is 673 g/mol. The summed E-state index contributed by atoms with van der Waals surface area (Å²) in [6.07, 6.45) is -4.93. The number of imidazole rings is 1. The molecule has 0 bridgehead atoms. The van der Waals surface area contributed by atoms with Crippen LogP contribution in [0.4, 0.5) is 23.7 Å². The molecular formula is C35H39ClF3N3O5. The molecule has 1 heterocycles. The highest BCUT2D eigenvalue weighted by molar-refractivity contribution is 6.32. The fourth-order valence-electron chi connectivity index (χ4n) is 5.04. The van der Waals surface area contributed by atoms with Crippen molar-refractivity contribution < 1.29 is 37.3 Å². The summed E-state index contributed by atoms with van der Waals surface area (Å²) in [6, 6.07) is 11.6. The lowest BCUT2D eigenvalue weighted by molar-refractivity contribution is -0.159. The van der Waals surface area contributed by atoms with E-state index in [1.807, 2.05) is 13.8 Å². The second kappa shape index (κ2) is 13.1. The maximum Gasteiger partial charge on any atom is 0.416 e. The Labute approximate surface area is 276 Å². The van der Waals surface area contributed by atoms with E-state index in [0.717, 1.165) is 12.1 Å². The first-order valence-electron chi connectivity index (χ1n) is 15.1. The van der Waals surface area contributed by atoms with Crippen molar-refractivity contribution in [3.63, 3.8) is 0 Å². The van der Waals surface area contributed by atoms with Gasteiger partial charge in [0.25, 0.3) is 0 Å². The molecule has 0 spiro atoms. The van der Waals surface area contributed by atoms with Crippen molar-refractivity contribution in [2.45, 2.75) is 85.2 Å². The van der Waals surface area contributed by atoms with E-state index < -0.39 is 41.0 Å². The van der Waals surface area contributed by atoms with Gasteiger partial charge in [-0.1, -0.05) is 37.6 Å². The number of phenols is 1. The maximum absolute atomic E-state index is 13.8. The number of hydrogen-bond acceptors (Lipinski definition) is 6. The summed E-state index contributed by atoms with van der Waals surface area (Å²) in [5, 5.41) is 13.8. The number of aromatic nitrogens is 2. The van der Waals surface area contributed by atoms with Crippen LogP contribution in [0.3, 0.4) is 0 Å². The summed E-state index contributed by atoms with van der Waals surface area (Å²) < 4.78 is 53.5. The van der Waals surface area contributed by atoms with Gasteiger partial charge in [-0.2, -0.15) is 13.2 Å². The molecule has 0 saturated heterocycles. The molecule has 0 aliphatic heterocycles. The predicted molar refractivity (Wildman–Crippen MR) is 176 cm³/mol. The topological polar surface area (TPSA) is 103 Å². The number of ether oxygens (including phenoxy) is 2. The van der Waals surface area contributed by atoms with Crippen LogP contribution in [0.5, 0.6) is 5.75 Å². The molecule has 8 nitrogen and oxygen atoms in total. The van der Waals surface area contributed by atoms with Gasteiger partial charge in [0.15, 0.2) is 0 Å². The second-order valence-corrected chi connectivity index (χ2v) is 14.2. The zero-order valence-corrected chi connectivity index (χ0v) is 28.3. The molecule has 1 atom stereocenters. The van der Waals surface area contributed by atoms with E-state index in [1.165, 1.54) is 24.3 Å². The van der Waals surface area contributed by atoms with E-state index >= 15 is 0 Å². The van der Waals surface area contributed by atoms with Crippen LogP contribution in [0.2, 0.25) is 5.02 Å². The van der Waals surface area contributed by atoms with Crippen LogP contribution in [0.25, 0.3) is 33.5 Å². The van der Waals surface area contributed by atoms with Gasteiger partial charge in [-0.3, -0.25) is 5.32 Å². The molecule has 4 rings (SSSR count). The minimum atomic E-state index is -4.57. The SMILES string of the molecule is CC(C)CC(C(=O)OC(C)(C)C)n1c(-c2cc(-c3cccc(C(F)(F)F)c3)cc(Cl)c2O)nc2cc(NC(=O)OC(C)(C)C)ccc21. The zero-order chi connectivity index (χ0) is 35.1. The Morgan fingerprint density at radius 2 is 1.60 bits per heavy atom. The Kier molecular flexibility index (Phi) is 9.92. The number of hydrogen-bond donors (Lipinski definition) is 2. The van der Waals surface area contributed by atoms with Crippen molar-refractivity contribution in [1.82, 2.24) is 9.55 Å². The number of aromatic hydroxyl groups is 1. The van der Waals surface area contributed by atoms with Gasteiger partial charge >= 0.3 is 18.2 Å². The molecular weight excluding hydrogens is 635 g/mol. The number of benzene rings is 3. The molecule has 0 fully saturated rings. The largest absolute Gasteiger partial charge is 0.506 e. The molecule has 1 amide bonds. The number of nitrogens with one attached hydrogen (secondary N) is 1. The van der Waals surface area contributed by atoms with E-state index in [9.17, 15) is 27.9 Å². The van der Waals surface area contributed by atoms with Crippen LogP contribution in [0, 0.1) is 5.92 Å². The number of halogens is 4.